The van der Waals surface area contributed by atoms with Crippen LogP contribution < -0.4 is 5.73 Å². The van der Waals surface area contributed by atoms with Gasteiger partial charge in [0.1, 0.15) is 11.5 Å². The zero-order valence-corrected chi connectivity index (χ0v) is 9.47. The van der Waals surface area contributed by atoms with Crippen LogP contribution in [0, 0.1) is 6.92 Å². The SMILES string of the molecule is C=C(OC)c1cc(C)nc2nc(C(N)=O)nn12. The molecular weight excluding hydrogens is 222 g/mol. The van der Waals surface area contributed by atoms with E-state index in [0.29, 0.717) is 17.1 Å². The van der Waals surface area contributed by atoms with E-state index in [2.05, 4.69) is 21.6 Å². The molecule has 0 spiro atoms. The van der Waals surface area contributed by atoms with Gasteiger partial charge in [0, 0.05) is 5.69 Å². The second-order valence-electron chi connectivity index (χ2n) is 3.42. The third-order valence-corrected chi connectivity index (χ3v) is 2.19. The van der Waals surface area contributed by atoms with Gasteiger partial charge in [0.25, 0.3) is 11.7 Å². The predicted octanol–water partition coefficient (Wildman–Crippen LogP) is 0.149. The fraction of sp³-hybridized carbons (Fsp3) is 0.200. The summed E-state index contributed by atoms with van der Waals surface area (Å²) in [6.45, 7) is 5.53. The Balaban J connectivity index is 2.74. The zero-order chi connectivity index (χ0) is 12.6. The first kappa shape index (κ1) is 11.1. The van der Waals surface area contributed by atoms with E-state index < -0.39 is 5.91 Å². The third-order valence-electron chi connectivity index (χ3n) is 2.19. The van der Waals surface area contributed by atoms with E-state index in [4.69, 9.17) is 10.5 Å². The van der Waals surface area contributed by atoms with Crippen LogP contribution in [-0.4, -0.2) is 32.6 Å². The van der Waals surface area contributed by atoms with Gasteiger partial charge >= 0.3 is 0 Å². The smallest absolute Gasteiger partial charge is 0.288 e. The standard InChI is InChI=1S/C10H11N5O2/c1-5-4-7(6(2)17-3)15-10(12-5)13-9(14-15)8(11)16/h4H,2H2,1,3H3,(H2,11,16). The highest BCUT2D eigenvalue weighted by molar-refractivity contribution is 5.89. The van der Waals surface area contributed by atoms with Crippen LogP contribution in [0.15, 0.2) is 12.6 Å². The van der Waals surface area contributed by atoms with Crippen molar-refractivity contribution in [3.05, 3.63) is 29.9 Å². The van der Waals surface area contributed by atoms with Crippen LogP contribution in [0.25, 0.3) is 11.5 Å². The minimum absolute atomic E-state index is 0.0896. The molecule has 2 heterocycles. The zero-order valence-electron chi connectivity index (χ0n) is 9.47. The number of nitrogens with two attached hydrogens (primary N) is 1. The third kappa shape index (κ3) is 1.82. The summed E-state index contributed by atoms with van der Waals surface area (Å²) in [5.74, 6) is -0.108. The van der Waals surface area contributed by atoms with Crippen LogP contribution in [0.2, 0.25) is 0 Å². The normalized spacial score (nSPS) is 10.5. The number of hydrogen-bond donors (Lipinski definition) is 1. The number of ether oxygens (including phenoxy) is 1. The molecule has 0 bridgehead atoms. The van der Waals surface area contributed by atoms with E-state index in [1.54, 1.807) is 13.0 Å². The number of amides is 1. The molecule has 88 valence electrons. The summed E-state index contributed by atoms with van der Waals surface area (Å²) in [5, 5.41) is 3.95. The molecule has 17 heavy (non-hydrogen) atoms. The summed E-state index contributed by atoms with van der Waals surface area (Å²) in [5.41, 5.74) is 6.41. The summed E-state index contributed by atoms with van der Waals surface area (Å²) >= 11 is 0. The van der Waals surface area contributed by atoms with Gasteiger partial charge in [-0.2, -0.15) is 9.50 Å². The van der Waals surface area contributed by atoms with Gasteiger partial charge in [0.15, 0.2) is 0 Å². The number of methoxy groups -OCH3 is 1. The summed E-state index contributed by atoms with van der Waals surface area (Å²) in [6, 6.07) is 1.73. The minimum atomic E-state index is -0.706. The maximum Gasteiger partial charge on any atom is 0.288 e. The molecule has 7 heteroatoms. The number of nitrogens with zero attached hydrogens (tertiary/aromatic N) is 4. The molecule has 7 nitrogen and oxygen atoms in total. The fourth-order valence-corrected chi connectivity index (χ4v) is 1.39. The van der Waals surface area contributed by atoms with Gasteiger partial charge in [0.05, 0.1) is 7.11 Å². The maximum absolute atomic E-state index is 11.0. The van der Waals surface area contributed by atoms with Crippen molar-refractivity contribution in [2.75, 3.05) is 7.11 Å². The Kier molecular flexibility index (Phi) is 2.51. The van der Waals surface area contributed by atoms with Crippen LogP contribution >= 0.6 is 0 Å². The van der Waals surface area contributed by atoms with Crippen LogP contribution in [0.1, 0.15) is 22.0 Å². The highest BCUT2D eigenvalue weighted by Gasteiger charge is 2.14. The number of aromatic nitrogens is 4. The van der Waals surface area contributed by atoms with E-state index >= 15 is 0 Å². The van der Waals surface area contributed by atoms with Crippen molar-refractivity contribution in [1.29, 1.82) is 0 Å². The second kappa shape index (κ2) is 3.85. The quantitative estimate of drug-likeness (QED) is 0.761. The van der Waals surface area contributed by atoms with Gasteiger partial charge in [-0.25, -0.2) is 4.98 Å². The van der Waals surface area contributed by atoms with Crippen molar-refractivity contribution in [3.63, 3.8) is 0 Å². The average Bonchev–Trinajstić information content (AvgIpc) is 2.70. The summed E-state index contributed by atoms with van der Waals surface area (Å²) in [6.07, 6.45) is 0. The van der Waals surface area contributed by atoms with Crippen LogP contribution in [0.3, 0.4) is 0 Å². The van der Waals surface area contributed by atoms with Crippen molar-refractivity contribution in [1.82, 2.24) is 19.6 Å². The molecule has 0 saturated heterocycles. The highest BCUT2D eigenvalue weighted by atomic mass is 16.5. The van der Waals surface area contributed by atoms with E-state index in [0.717, 1.165) is 0 Å². The average molecular weight is 233 g/mol. The van der Waals surface area contributed by atoms with Crippen molar-refractivity contribution in [3.8, 4) is 0 Å². The summed E-state index contributed by atoms with van der Waals surface area (Å²) in [7, 11) is 1.50. The number of rotatable bonds is 3. The molecule has 0 saturated carbocycles. The Morgan fingerprint density at radius 2 is 2.24 bits per heavy atom. The Morgan fingerprint density at radius 3 is 2.82 bits per heavy atom. The van der Waals surface area contributed by atoms with E-state index in [-0.39, 0.29) is 11.6 Å². The number of aryl methyl sites for hydroxylation is 1. The van der Waals surface area contributed by atoms with Crippen molar-refractivity contribution in [2.45, 2.75) is 6.92 Å². The molecule has 0 aliphatic heterocycles. The molecule has 0 radical (unpaired) electrons. The second-order valence-corrected chi connectivity index (χ2v) is 3.42. The van der Waals surface area contributed by atoms with Gasteiger partial charge in [-0.05, 0) is 13.0 Å². The van der Waals surface area contributed by atoms with Gasteiger partial charge < -0.3 is 10.5 Å². The molecule has 0 aromatic carbocycles. The first-order valence-corrected chi connectivity index (χ1v) is 4.80. The number of carbonyl (C=O) groups is 1. The molecule has 2 aromatic heterocycles. The highest BCUT2D eigenvalue weighted by Crippen LogP contribution is 2.14. The lowest BCUT2D eigenvalue weighted by Crippen LogP contribution is -2.13. The summed E-state index contributed by atoms with van der Waals surface area (Å²) in [4.78, 5) is 19.1. The number of fused-ring (bicyclic) bond motifs is 1. The van der Waals surface area contributed by atoms with Crippen molar-refractivity contribution in [2.24, 2.45) is 5.73 Å². The van der Waals surface area contributed by atoms with Gasteiger partial charge in [-0.15, -0.1) is 5.10 Å². The topological polar surface area (TPSA) is 95.4 Å². The monoisotopic (exact) mass is 233 g/mol. The van der Waals surface area contributed by atoms with Gasteiger partial charge in [-0.3, -0.25) is 4.79 Å². The van der Waals surface area contributed by atoms with Crippen LogP contribution in [0.5, 0.6) is 0 Å². The molecule has 2 rings (SSSR count). The van der Waals surface area contributed by atoms with E-state index in [1.807, 2.05) is 0 Å². The lowest BCUT2D eigenvalue weighted by molar-refractivity contribution is 0.0990. The molecular formula is C10H11N5O2. The fourth-order valence-electron chi connectivity index (χ4n) is 1.39. The lowest BCUT2D eigenvalue weighted by Gasteiger charge is -2.06. The molecule has 0 unspecified atom stereocenters. The van der Waals surface area contributed by atoms with Gasteiger partial charge in [0.2, 0.25) is 5.82 Å². The Morgan fingerprint density at radius 1 is 1.53 bits per heavy atom. The summed E-state index contributed by atoms with van der Waals surface area (Å²) < 4.78 is 6.42. The first-order valence-electron chi connectivity index (χ1n) is 4.80. The lowest BCUT2D eigenvalue weighted by atomic mass is 10.3. The van der Waals surface area contributed by atoms with E-state index in [9.17, 15) is 4.79 Å². The molecule has 1 amide bonds. The number of primary amides is 1. The van der Waals surface area contributed by atoms with Crippen molar-refractivity contribution < 1.29 is 9.53 Å². The Labute approximate surface area is 96.9 Å². The van der Waals surface area contributed by atoms with Crippen LogP contribution in [0.4, 0.5) is 0 Å². The minimum Gasteiger partial charge on any atom is -0.495 e. The predicted molar refractivity (Wildman–Crippen MR) is 60.1 cm³/mol. The maximum atomic E-state index is 11.0. The number of carbonyl (C=O) groups excluding carboxylic acids is 1. The molecule has 0 aliphatic carbocycles. The van der Waals surface area contributed by atoms with Gasteiger partial charge in [-0.1, -0.05) is 6.58 Å². The molecule has 0 atom stereocenters. The first-order chi connectivity index (χ1) is 8.02. The van der Waals surface area contributed by atoms with E-state index in [1.165, 1.54) is 11.6 Å². The van der Waals surface area contributed by atoms with Crippen molar-refractivity contribution >= 4 is 17.4 Å². The van der Waals surface area contributed by atoms with Crippen LogP contribution in [-0.2, 0) is 4.74 Å². The molecule has 2 aromatic rings. The Bertz CT molecular complexity index is 616. The largest absolute Gasteiger partial charge is 0.495 e. The molecule has 2 N–H and O–H groups in total. The molecule has 0 aliphatic rings. The number of hydrogen-bond acceptors (Lipinski definition) is 5. The Hall–Kier alpha value is -2.44. The molecule has 0 fully saturated rings.